The van der Waals surface area contributed by atoms with Crippen LogP contribution in [0.2, 0.25) is 0 Å². The van der Waals surface area contributed by atoms with Gasteiger partial charge in [0.1, 0.15) is 0 Å². The molecule has 0 bridgehead atoms. The summed E-state index contributed by atoms with van der Waals surface area (Å²) in [5, 5.41) is 24.9. The fraction of sp³-hybridized carbons (Fsp3) is 0.600. The zero-order valence-electron chi connectivity index (χ0n) is 5.31. The summed E-state index contributed by atoms with van der Waals surface area (Å²) < 4.78 is 0. The molecule has 0 unspecified atom stereocenters. The Kier molecular flexibility index (Phi) is 2.82. The Balaban J connectivity index is 4.07. The number of carboxylic acids is 2. The third kappa shape index (κ3) is 2.02. The molecule has 3 N–H and O–H groups in total. The van der Waals surface area contributed by atoms with Gasteiger partial charge in [0.05, 0.1) is 5.92 Å². The lowest BCUT2D eigenvalue weighted by molar-refractivity contribution is -0.158. The largest absolute Gasteiger partial charge is 0.481 e. The molecular formula is C5H8O5. The highest BCUT2D eigenvalue weighted by Gasteiger charge is 2.26. The maximum atomic E-state index is 10.0. The van der Waals surface area contributed by atoms with Crippen molar-refractivity contribution in [1.82, 2.24) is 0 Å². The monoisotopic (exact) mass is 148 g/mol. The van der Waals surface area contributed by atoms with Crippen molar-refractivity contribution in [2.24, 2.45) is 5.92 Å². The van der Waals surface area contributed by atoms with E-state index in [-0.39, 0.29) is 0 Å². The summed E-state index contributed by atoms with van der Waals surface area (Å²) in [6.07, 6.45) is -1.82. The van der Waals surface area contributed by atoms with Gasteiger partial charge in [-0.3, -0.25) is 4.79 Å². The van der Waals surface area contributed by atoms with Crippen molar-refractivity contribution >= 4 is 11.9 Å². The number of rotatable bonds is 3. The van der Waals surface area contributed by atoms with Gasteiger partial charge in [-0.1, -0.05) is 0 Å². The highest BCUT2D eigenvalue weighted by Crippen LogP contribution is 2.01. The number of aliphatic carboxylic acids is 2. The Labute approximate surface area is 56.9 Å². The van der Waals surface area contributed by atoms with Crippen LogP contribution in [0.1, 0.15) is 6.92 Å². The standard InChI is InChI=1S/C5H8O5/c1-2(4(7)8)3(6)5(9)10/h2-3,6H,1H3,(H,7,8)(H,9,10)/t2-,3-/m1/s1. The lowest BCUT2D eigenvalue weighted by Gasteiger charge is -2.08. The van der Waals surface area contributed by atoms with Gasteiger partial charge < -0.3 is 15.3 Å². The molecule has 0 radical (unpaired) electrons. The Morgan fingerprint density at radius 2 is 1.60 bits per heavy atom. The summed E-state index contributed by atoms with van der Waals surface area (Å²) >= 11 is 0. The molecule has 0 aromatic heterocycles. The topological polar surface area (TPSA) is 94.8 Å². The lowest BCUT2D eigenvalue weighted by Crippen LogP contribution is -2.32. The highest BCUT2D eigenvalue weighted by atomic mass is 16.4. The van der Waals surface area contributed by atoms with Crippen LogP contribution in [0.15, 0.2) is 0 Å². The third-order valence-electron chi connectivity index (χ3n) is 1.12. The summed E-state index contributed by atoms with van der Waals surface area (Å²) in [4.78, 5) is 20.0. The van der Waals surface area contributed by atoms with Gasteiger partial charge in [0, 0.05) is 0 Å². The molecule has 0 heterocycles. The van der Waals surface area contributed by atoms with E-state index in [9.17, 15) is 9.59 Å². The van der Waals surface area contributed by atoms with E-state index in [1.54, 1.807) is 0 Å². The number of aliphatic hydroxyl groups excluding tert-OH is 1. The van der Waals surface area contributed by atoms with Crippen molar-refractivity contribution in [3.05, 3.63) is 0 Å². The second-order valence-electron chi connectivity index (χ2n) is 1.91. The maximum absolute atomic E-state index is 10.0. The molecule has 0 rings (SSSR count). The first-order chi connectivity index (χ1) is 4.46. The minimum absolute atomic E-state index is 1.13. The van der Waals surface area contributed by atoms with Gasteiger partial charge in [-0.25, -0.2) is 4.79 Å². The smallest absolute Gasteiger partial charge is 0.333 e. The Morgan fingerprint density at radius 1 is 1.20 bits per heavy atom. The van der Waals surface area contributed by atoms with E-state index in [0.29, 0.717) is 0 Å². The van der Waals surface area contributed by atoms with Crippen LogP contribution < -0.4 is 0 Å². The van der Waals surface area contributed by atoms with E-state index in [4.69, 9.17) is 15.3 Å². The van der Waals surface area contributed by atoms with Gasteiger partial charge in [0.15, 0.2) is 6.10 Å². The van der Waals surface area contributed by atoms with Gasteiger partial charge in [-0.15, -0.1) is 0 Å². The SMILES string of the molecule is C[C@@H](C(=O)O)[C@@H](O)C(=O)O. The molecule has 0 saturated heterocycles. The van der Waals surface area contributed by atoms with Crippen molar-refractivity contribution in [2.45, 2.75) is 13.0 Å². The zero-order valence-corrected chi connectivity index (χ0v) is 5.31. The second kappa shape index (κ2) is 3.17. The average Bonchev–Trinajstić information content (AvgIpc) is 1.84. The first-order valence-electron chi connectivity index (χ1n) is 2.60. The molecule has 0 aliphatic rings. The summed E-state index contributed by atoms with van der Waals surface area (Å²) in [7, 11) is 0. The predicted molar refractivity (Wildman–Crippen MR) is 30.4 cm³/mol. The molecule has 0 amide bonds. The Bertz CT molecular complexity index is 134. The van der Waals surface area contributed by atoms with Gasteiger partial charge in [-0.2, -0.15) is 0 Å². The Hall–Kier alpha value is -1.10. The van der Waals surface area contributed by atoms with Crippen LogP contribution in [0.25, 0.3) is 0 Å². The van der Waals surface area contributed by atoms with Crippen LogP contribution >= 0.6 is 0 Å². The molecule has 0 saturated carbocycles. The van der Waals surface area contributed by atoms with Crippen molar-refractivity contribution in [3.63, 3.8) is 0 Å². The van der Waals surface area contributed by atoms with Crippen LogP contribution in [0, 0.1) is 5.92 Å². The quantitative estimate of drug-likeness (QED) is 0.484. The average molecular weight is 148 g/mol. The van der Waals surface area contributed by atoms with Gasteiger partial charge in [-0.05, 0) is 6.92 Å². The number of carbonyl (C=O) groups is 2. The number of hydrogen-bond acceptors (Lipinski definition) is 3. The Morgan fingerprint density at radius 3 is 1.70 bits per heavy atom. The van der Waals surface area contributed by atoms with Gasteiger partial charge >= 0.3 is 11.9 Å². The minimum atomic E-state index is -1.82. The van der Waals surface area contributed by atoms with E-state index in [2.05, 4.69) is 0 Å². The third-order valence-corrected chi connectivity index (χ3v) is 1.12. The lowest BCUT2D eigenvalue weighted by atomic mass is 10.1. The first kappa shape index (κ1) is 8.90. The number of hydrogen-bond donors (Lipinski definition) is 3. The molecule has 10 heavy (non-hydrogen) atoms. The van der Waals surface area contributed by atoms with Crippen molar-refractivity contribution in [3.8, 4) is 0 Å². The fourth-order valence-corrected chi connectivity index (χ4v) is 0.349. The first-order valence-corrected chi connectivity index (χ1v) is 2.60. The number of carboxylic acid groups (broad SMARTS) is 2. The van der Waals surface area contributed by atoms with Crippen LogP contribution in [0.4, 0.5) is 0 Å². The van der Waals surface area contributed by atoms with Crippen molar-refractivity contribution < 1.29 is 24.9 Å². The molecule has 0 aliphatic heterocycles. The number of aliphatic hydroxyl groups is 1. The van der Waals surface area contributed by atoms with Gasteiger partial charge in [0.2, 0.25) is 0 Å². The van der Waals surface area contributed by atoms with E-state index in [1.165, 1.54) is 0 Å². The zero-order chi connectivity index (χ0) is 8.31. The molecule has 5 heteroatoms. The van der Waals surface area contributed by atoms with E-state index in [0.717, 1.165) is 6.92 Å². The van der Waals surface area contributed by atoms with Crippen LogP contribution in [-0.4, -0.2) is 33.4 Å². The molecule has 2 atom stereocenters. The summed E-state index contributed by atoms with van der Waals surface area (Å²) in [6, 6.07) is 0. The van der Waals surface area contributed by atoms with Crippen molar-refractivity contribution in [2.75, 3.05) is 0 Å². The highest BCUT2D eigenvalue weighted by molar-refractivity contribution is 5.81. The fourth-order valence-electron chi connectivity index (χ4n) is 0.349. The van der Waals surface area contributed by atoms with E-state index < -0.39 is 24.0 Å². The van der Waals surface area contributed by atoms with Gasteiger partial charge in [0.25, 0.3) is 0 Å². The van der Waals surface area contributed by atoms with Crippen LogP contribution in [0.5, 0.6) is 0 Å². The maximum Gasteiger partial charge on any atom is 0.333 e. The summed E-state index contributed by atoms with van der Waals surface area (Å²) in [6.45, 7) is 1.13. The molecule has 0 spiro atoms. The van der Waals surface area contributed by atoms with Crippen LogP contribution in [-0.2, 0) is 9.59 Å². The molecular weight excluding hydrogens is 140 g/mol. The predicted octanol–water partition coefficient (Wildman–Crippen LogP) is -0.847. The molecule has 0 aromatic rings. The molecule has 0 fully saturated rings. The van der Waals surface area contributed by atoms with E-state index >= 15 is 0 Å². The normalized spacial score (nSPS) is 15.8. The molecule has 0 aliphatic carbocycles. The second-order valence-corrected chi connectivity index (χ2v) is 1.91. The van der Waals surface area contributed by atoms with E-state index in [1.807, 2.05) is 0 Å². The molecule has 5 nitrogen and oxygen atoms in total. The van der Waals surface area contributed by atoms with Crippen molar-refractivity contribution in [1.29, 1.82) is 0 Å². The summed E-state index contributed by atoms with van der Waals surface area (Å²) in [5.41, 5.74) is 0. The molecule has 58 valence electrons. The molecule has 0 aromatic carbocycles. The summed E-state index contributed by atoms with van der Waals surface area (Å²) in [5.74, 6) is -4.11. The minimum Gasteiger partial charge on any atom is -0.481 e. The van der Waals surface area contributed by atoms with Crippen LogP contribution in [0.3, 0.4) is 0 Å².